The molecule has 32 heavy (non-hydrogen) atoms. The Kier molecular flexibility index (Phi) is 6.18. The molecule has 0 fully saturated rings. The second-order valence-corrected chi connectivity index (χ2v) is 7.18. The van der Waals surface area contributed by atoms with Gasteiger partial charge in [-0.1, -0.05) is 6.07 Å². The lowest BCUT2D eigenvalue weighted by atomic mass is 10.1. The predicted octanol–water partition coefficient (Wildman–Crippen LogP) is 3.81. The van der Waals surface area contributed by atoms with Crippen molar-refractivity contribution in [3.05, 3.63) is 78.5 Å². The fourth-order valence-corrected chi connectivity index (χ4v) is 3.19. The second kappa shape index (κ2) is 9.36. The molecule has 1 aromatic carbocycles. The van der Waals surface area contributed by atoms with Crippen molar-refractivity contribution in [1.82, 2.24) is 20.2 Å². The number of carbonyl (C=O) groups is 1. The van der Waals surface area contributed by atoms with Gasteiger partial charge in [-0.3, -0.25) is 14.9 Å². The number of aromatic nitrogens is 4. The zero-order valence-corrected chi connectivity index (χ0v) is 16.9. The summed E-state index contributed by atoms with van der Waals surface area (Å²) in [7, 11) is 0. The summed E-state index contributed by atoms with van der Waals surface area (Å²) < 4.78 is 20.0. The molecule has 1 unspecified atom stereocenters. The van der Waals surface area contributed by atoms with Crippen molar-refractivity contribution in [1.29, 1.82) is 0 Å². The highest BCUT2D eigenvalue weighted by Gasteiger charge is 2.12. The third-order valence-electron chi connectivity index (χ3n) is 4.70. The molecule has 0 aliphatic carbocycles. The Labute approximate surface area is 182 Å². The standard InChI is InChI=1S/C23H20FN5O3/c24-19-10-15(21-8-9-27-29-21)13-26-23(19)32-18-6-4-14(5-7-18)20-3-1-2-17(28-20)11-16(25)12-22(30)31/h1-10,13,16H,11-12,25H2,(H,27,29)(H,30,31). The Hall–Kier alpha value is -4.11. The maximum absolute atomic E-state index is 14.4. The fraction of sp³-hybridized carbons (Fsp3) is 0.130. The van der Waals surface area contributed by atoms with E-state index in [9.17, 15) is 9.18 Å². The van der Waals surface area contributed by atoms with E-state index in [0.717, 1.165) is 5.56 Å². The van der Waals surface area contributed by atoms with Gasteiger partial charge in [-0.05, 0) is 48.5 Å². The van der Waals surface area contributed by atoms with Crippen molar-refractivity contribution in [3.8, 4) is 34.1 Å². The van der Waals surface area contributed by atoms with Gasteiger partial charge in [0, 0.05) is 41.7 Å². The summed E-state index contributed by atoms with van der Waals surface area (Å²) in [6.45, 7) is 0. The summed E-state index contributed by atoms with van der Waals surface area (Å²) in [4.78, 5) is 19.4. The zero-order chi connectivity index (χ0) is 22.5. The van der Waals surface area contributed by atoms with Crippen LogP contribution in [-0.2, 0) is 11.2 Å². The highest BCUT2D eigenvalue weighted by Crippen LogP contribution is 2.27. The van der Waals surface area contributed by atoms with Crippen LogP contribution in [0.3, 0.4) is 0 Å². The summed E-state index contributed by atoms with van der Waals surface area (Å²) in [5, 5.41) is 15.5. The molecular formula is C23H20FN5O3. The maximum Gasteiger partial charge on any atom is 0.304 e. The number of ether oxygens (including phenoxy) is 1. The van der Waals surface area contributed by atoms with E-state index in [1.54, 1.807) is 36.5 Å². The number of aliphatic carboxylic acids is 1. The van der Waals surface area contributed by atoms with Crippen LogP contribution in [-0.4, -0.2) is 37.3 Å². The molecule has 0 saturated heterocycles. The summed E-state index contributed by atoms with van der Waals surface area (Å²) in [5.41, 5.74) is 9.33. The number of nitrogens with two attached hydrogens (primary N) is 1. The number of aromatic amines is 1. The summed E-state index contributed by atoms with van der Waals surface area (Å²) in [6, 6.07) is 15.0. The molecule has 3 aromatic heterocycles. The molecule has 162 valence electrons. The highest BCUT2D eigenvalue weighted by atomic mass is 19.1. The first-order chi connectivity index (χ1) is 15.5. The number of pyridine rings is 2. The third kappa shape index (κ3) is 5.13. The minimum Gasteiger partial charge on any atom is -0.481 e. The first-order valence-electron chi connectivity index (χ1n) is 9.85. The molecule has 0 aliphatic heterocycles. The van der Waals surface area contributed by atoms with Gasteiger partial charge in [0.2, 0.25) is 0 Å². The van der Waals surface area contributed by atoms with Crippen LogP contribution in [0.15, 0.2) is 67.0 Å². The minimum atomic E-state index is -0.939. The van der Waals surface area contributed by atoms with Gasteiger partial charge in [0.05, 0.1) is 17.8 Å². The number of rotatable bonds is 8. The van der Waals surface area contributed by atoms with Crippen molar-refractivity contribution in [2.45, 2.75) is 18.9 Å². The molecule has 0 aliphatic rings. The number of nitrogens with one attached hydrogen (secondary N) is 1. The van der Waals surface area contributed by atoms with Crippen LogP contribution in [0.5, 0.6) is 11.6 Å². The van der Waals surface area contributed by atoms with Crippen molar-refractivity contribution < 1.29 is 19.0 Å². The topological polar surface area (TPSA) is 127 Å². The molecular weight excluding hydrogens is 413 g/mol. The van der Waals surface area contributed by atoms with Crippen LogP contribution >= 0.6 is 0 Å². The Morgan fingerprint density at radius 1 is 1.16 bits per heavy atom. The quantitative estimate of drug-likeness (QED) is 0.386. The van der Waals surface area contributed by atoms with E-state index in [0.29, 0.717) is 34.8 Å². The molecule has 4 rings (SSSR count). The van der Waals surface area contributed by atoms with Gasteiger partial charge in [-0.15, -0.1) is 0 Å². The Morgan fingerprint density at radius 2 is 1.97 bits per heavy atom. The van der Waals surface area contributed by atoms with Gasteiger partial charge < -0.3 is 15.6 Å². The van der Waals surface area contributed by atoms with E-state index >= 15 is 0 Å². The Morgan fingerprint density at radius 3 is 2.66 bits per heavy atom. The fourth-order valence-electron chi connectivity index (χ4n) is 3.19. The number of halogens is 1. The lowest BCUT2D eigenvalue weighted by molar-refractivity contribution is -0.137. The number of hydrogen-bond acceptors (Lipinski definition) is 6. The Bertz CT molecular complexity index is 1210. The van der Waals surface area contributed by atoms with Gasteiger partial charge in [-0.25, -0.2) is 9.37 Å². The van der Waals surface area contributed by atoms with Crippen LogP contribution < -0.4 is 10.5 Å². The van der Waals surface area contributed by atoms with E-state index in [2.05, 4.69) is 20.2 Å². The molecule has 3 heterocycles. The van der Waals surface area contributed by atoms with Crippen LogP contribution in [0.25, 0.3) is 22.5 Å². The first-order valence-corrected chi connectivity index (χ1v) is 9.85. The number of carboxylic acids is 1. The molecule has 1 atom stereocenters. The minimum absolute atomic E-state index is 0.120. The summed E-state index contributed by atoms with van der Waals surface area (Å²) >= 11 is 0. The van der Waals surface area contributed by atoms with Gasteiger partial charge in [0.1, 0.15) is 5.75 Å². The number of carboxylic acid groups (broad SMARTS) is 1. The van der Waals surface area contributed by atoms with E-state index in [4.69, 9.17) is 15.6 Å². The number of benzene rings is 1. The molecule has 0 saturated carbocycles. The summed E-state index contributed by atoms with van der Waals surface area (Å²) in [6.07, 6.45) is 3.32. The van der Waals surface area contributed by atoms with Crippen LogP contribution in [0.1, 0.15) is 12.1 Å². The molecule has 0 spiro atoms. The normalized spacial score (nSPS) is 11.8. The molecule has 4 aromatic rings. The monoisotopic (exact) mass is 433 g/mol. The maximum atomic E-state index is 14.4. The van der Waals surface area contributed by atoms with E-state index < -0.39 is 17.8 Å². The van der Waals surface area contributed by atoms with Crippen molar-refractivity contribution in [3.63, 3.8) is 0 Å². The second-order valence-electron chi connectivity index (χ2n) is 7.18. The third-order valence-corrected chi connectivity index (χ3v) is 4.70. The van der Waals surface area contributed by atoms with Gasteiger partial charge in [-0.2, -0.15) is 5.10 Å². The van der Waals surface area contributed by atoms with E-state index in [-0.39, 0.29) is 12.3 Å². The molecule has 9 heteroatoms. The Balaban J connectivity index is 1.46. The van der Waals surface area contributed by atoms with E-state index in [1.165, 1.54) is 12.3 Å². The molecule has 0 amide bonds. The molecule has 0 bridgehead atoms. The SMILES string of the molecule is NC(CC(=O)O)Cc1cccc(-c2ccc(Oc3ncc(-c4ccn[nH]4)cc3F)cc2)n1. The average molecular weight is 433 g/mol. The number of H-pyrrole nitrogens is 1. The number of hydrogen-bond donors (Lipinski definition) is 3. The molecule has 0 radical (unpaired) electrons. The highest BCUT2D eigenvalue weighted by molar-refractivity contribution is 5.67. The van der Waals surface area contributed by atoms with Crippen molar-refractivity contribution >= 4 is 5.97 Å². The lowest BCUT2D eigenvalue weighted by Crippen LogP contribution is -2.26. The van der Waals surface area contributed by atoms with Crippen LogP contribution in [0, 0.1) is 5.82 Å². The van der Waals surface area contributed by atoms with Crippen LogP contribution in [0.2, 0.25) is 0 Å². The predicted molar refractivity (Wildman–Crippen MR) is 115 cm³/mol. The van der Waals surface area contributed by atoms with Gasteiger partial charge in [0.15, 0.2) is 5.82 Å². The smallest absolute Gasteiger partial charge is 0.304 e. The zero-order valence-electron chi connectivity index (χ0n) is 16.9. The van der Waals surface area contributed by atoms with Gasteiger partial charge in [0.25, 0.3) is 5.88 Å². The summed E-state index contributed by atoms with van der Waals surface area (Å²) in [5.74, 6) is -1.23. The van der Waals surface area contributed by atoms with Gasteiger partial charge >= 0.3 is 5.97 Å². The molecule has 8 nitrogen and oxygen atoms in total. The number of nitrogens with zero attached hydrogens (tertiary/aromatic N) is 3. The van der Waals surface area contributed by atoms with Crippen molar-refractivity contribution in [2.75, 3.05) is 0 Å². The lowest BCUT2D eigenvalue weighted by Gasteiger charge is -2.10. The average Bonchev–Trinajstić information content (AvgIpc) is 3.30. The first kappa shape index (κ1) is 21.1. The van der Waals surface area contributed by atoms with E-state index in [1.807, 2.05) is 18.2 Å². The van der Waals surface area contributed by atoms with Crippen molar-refractivity contribution in [2.24, 2.45) is 5.73 Å². The van der Waals surface area contributed by atoms with Crippen LogP contribution in [0.4, 0.5) is 4.39 Å². The molecule has 4 N–H and O–H groups in total. The largest absolute Gasteiger partial charge is 0.481 e.